The molecule has 0 aromatic carbocycles. The molecule has 1 aliphatic carbocycles. The Morgan fingerprint density at radius 3 is 2.79 bits per heavy atom. The van der Waals surface area contributed by atoms with Crippen LogP contribution in [0.2, 0.25) is 0 Å². The van der Waals surface area contributed by atoms with E-state index in [1.807, 2.05) is 0 Å². The van der Waals surface area contributed by atoms with E-state index in [1.54, 1.807) is 0 Å². The molecule has 0 radical (unpaired) electrons. The predicted molar refractivity (Wildman–Crippen MR) is 81.5 cm³/mol. The molecule has 1 fully saturated rings. The third-order valence-electron chi connectivity index (χ3n) is 4.06. The minimum atomic E-state index is 0.531. The summed E-state index contributed by atoms with van der Waals surface area (Å²) in [4.78, 5) is 7.33. The normalized spacial score (nSPS) is 25.2. The standard InChI is InChI=1S/C15H28N4/c1-3-16-15(18-13-8-5-6-9-13)17-12-14-10-7-11-19(14)4-2/h5-6,13-14H,3-4,7-12H2,1-2H3,(H2,16,17,18). The van der Waals surface area contributed by atoms with Gasteiger partial charge in [0, 0.05) is 18.6 Å². The summed E-state index contributed by atoms with van der Waals surface area (Å²) >= 11 is 0. The lowest BCUT2D eigenvalue weighted by Gasteiger charge is -2.22. The fourth-order valence-corrected chi connectivity index (χ4v) is 2.96. The van der Waals surface area contributed by atoms with Crippen LogP contribution in [0.4, 0.5) is 0 Å². The molecule has 0 aromatic heterocycles. The number of guanidine groups is 1. The van der Waals surface area contributed by atoms with Gasteiger partial charge in [-0.05, 0) is 45.7 Å². The van der Waals surface area contributed by atoms with E-state index < -0.39 is 0 Å². The van der Waals surface area contributed by atoms with Crippen molar-refractivity contribution in [2.75, 3.05) is 26.2 Å². The molecule has 4 heteroatoms. The molecule has 2 rings (SSSR count). The smallest absolute Gasteiger partial charge is 0.191 e. The number of likely N-dealkylation sites (N-methyl/N-ethyl adjacent to an activating group) is 1. The maximum Gasteiger partial charge on any atom is 0.191 e. The Labute approximate surface area is 117 Å². The van der Waals surface area contributed by atoms with Gasteiger partial charge in [0.1, 0.15) is 0 Å². The summed E-state index contributed by atoms with van der Waals surface area (Å²) in [5.41, 5.74) is 0. The first-order chi connectivity index (χ1) is 9.33. The van der Waals surface area contributed by atoms with Gasteiger partial charge < -0.3 is 10.6 Å². The summed E-state index contributed by atoms with van der Waals surface area (Å²) in [5, 5.41) is 6.89. The molecule has 0 bridgehead atoms. The highest BCUT2D eigenvalue weighted by Gasteiger charge is 2.22. The largest absolute Gasteiger partial charge is 0.357 e. The van der Waals surface area contributed by atoms with E-state index >= 15 is 0 Å². The Kier molecular flexibility index (Phi) is 5.70. The molecule has 0 aromatic rings. The van der Waals surface area contributed by atoms with Crippen LogP contribution in [0.5, 0.6) is 0 Å². The van der Waals surface area contributed by atoms with Crippen molar-refractivity contribution in [1.82, 2.24) is 15.5 Å². The Balaban J connectivity index is 1.84. The summed E-state index contributed by atoms with van der Waals surface area (Å²) < 4.78 is 0. The van der Waals surface area contributed by atoms with E-state index in [2.05, 4.69) is 41.5 Å². The zero-order valence-corrected chi connectivity index (χ0v) is 12.4. The number of rotatable bonds is 5. The molecule has 1 atom stereocenters. The van der Waals surface area contributed by atoms with E-state index in [0.717, 1.165) is 38.4 Å². The molecule has 0 saturated carbocycles. The zero-order chi connectivity index (χ0) is 13.5. The van der Waals surface area contributed by atoms with Gasteiger partial charge in [-0.25, -0.2) is 0 Å². The van der Waals surface area contributed by atoms with Crippen LogP contribution < -0.4 is 10.6 Å². The molecule has 1 aliphatic heterocycles. The summed E-state index contributed by atoms with van der Waals surface area (Å²) in [5.74, 6) is 0.985. The van der Waals surface area contributed by atoms with Crippen LogP contribution in [-0.2, 0) is 0 Å². The van der Waals surface area contributed by atoms with Crippen molar-refractivity contribution in [3.63, 3.8) is 0 Å². The minimum absolute atomic E-state index is 0.531. The molecule has 19 heavy (non-hydrogen) atoms. The molecule has 1 unspecified atom stereocenters. The Morgan fingerprint density at radius 2 is 2.11 bits per heavy atom. The van der Waals surface area contributed by atoms with Gasteiger partial charge in [-0.2, -0.15) is 0 Å². The maximum atomic E-state index is 4.78. The molecule has 4 nitrogen and oxygen atoms in total. The van der Waals surface area contributed by atoms with Gasteiger partial charge in [0.15, 0.2) is 5.96 Å². The highest BCUT2D eigenvalue weighted by Crippen LogP contribution is 2.16. The average Bonchev–Trinajstić information content (AvgIpc) is 3.07. The van der Waals surface area contributed by atoms with Crippen molar-refractivity contribution >= 4 is 5.96 Å². The van der Waals surface area contributed by atoms with Crippen LogP contribution >= 0.6 is 0 Å². The van der Waals surface area contributed by atoms with Crippen LogP contribution in [0.25, 0.3) is 0 Å². The summed E-state index contributed by atoms with van der Waals surface area (Å²) in [6.45, 7) is 8.61. The first-order valence-electron chi connectivity index (χ1n) is 7.77. The molecule has 1 heterocycles. The average molecular weight is 264 g/mol. The summed E-state index contributed by atoms with van der Waals surface area (Å²) in [6, 6.07) is 1.17. The van der Waals surface area contributed by atoms with Gasteiger partial charge >= 0.3 is 0 Å². The Bertz CT molecular complexity index is 316. The third-order valence-corrected chi connectivity index (χ3v) is 4.06. The monoisotopic (exact) mass is 264 g/mol. The van der Waals surface area contributed by atoms with Gasteiger partial charge in [-0.1, -0.05) is 19.1 Å². The van der Waals surface area contributed by atoms with E-state index in [1.165, 1.54) is 19.4 Å². The van der Waals surface area contributed by atoms with Gasteiger partial charge in [-0.3, -0.25) is 9.89 Å². The molecule has 2 N–H and O–H groups in total. The molecular weight excluding hydrogens is 236 g/mol. The number of aliphatic imine (C=N–C) groups is 1. The van der Waals surface area contributed by atoms with Gasteiger partial charge in [0.2, 0.25) is 0 Å². The lowest BCUT2D eigenvalue weighted by molar-refractivity contribution is 0.273. The second kappa shape index (κ2) is 7.53. The van der Waals surface area contributed by atoms with E-state index in [9.17, 15) is 0 Å². The van der Waals surface area contributed by atoms with Crippen molar-refractivity contribution in [3.05, 3.63) is 12.2 Å². The first kappa shape index (κ1) is 14.4. The first-order valence-corrected chi connectivity index (χ1v) is 7.77. The van der Waals surface area contributed by atoms with Crippen LogP contribution in [0.1, 0.15) is 39.5 Å². The van der Waals surface area contributed by atoms with Gasteiger partial charge in [0.25, 0.3) is 0 Å². The lowest BCUT2D eigenvalue weighted by Crippen LogP contribution is -2.43. The van der Waals surface area contributed by atoms with Gasteiger partial charge in [0.05, 0.1) is 6.54 Å². The highest BCUT2D eigenvalue weighted by atomic mass is 15.2. The Hall–Kier alpha value is -1.03. The van der Waals surface area contributed by atoms with Crippen LogP contribution in [0.3, 0.4) is 0 Å². The molecule has 2 aliphatic rings. The van der Waals surface area contributed by atoms with Gasteiger partial charge in [-0.15, -0.1) is 0 Å². The van der Waals surface area contributed by atoms with E-state index in [-0.39, 0.29) is 0 Å². The van der Waals surface area contributed by atoms with E-state index in [4.69, 9.17) is 4.99 Å². The molecule has 0 amide bonds. The predicted octanol–water partition coefficient (Wildman–Crippen LogP) is 1.74. The van der Waals surface area contributed by atoms with Crippen molar-refractivity contribution in [2.24, 2.45) is 4.99 Å². The van der Waals surface area contributed by atoms with E-state index in [0.29, 0.717) is 12.1 Å². The third kappa shape index (κ3) is 4.23. The van der Waals surface area contributed by atoms with Crippen LogP contribution in [0.15, 0.2) is 17.1 Å². The second-order valence-electron chi connectivity index (χ2n) is 5.43. The van der Waals surface area contributed by atoms with Crippen molar-refractivity contribution in [2.45, 2.75) is 51.6 Å². The minimum Gasteiger partial charge on any atom is -0.357 e. The number of nitrogens with zero attached hydrogens (tertiary/aromatic N) is 2. The number of likely N-dealkylation sites (tertiary alicyclic amines) is 1. The lowest BCUT2D eigenvalue weighted by atomic mass is 10.2. The molecule has 108 valence electrons. The summed E-state index contributed by atoms with van der Waals surface area (Å²) in [6.07, 6.45) is 9.35. The number of hydrogen-bond acceptors (Lipinski definition) is 2. The number of hydrogen-bond donors (Lipinski definition) is 2. The summed E-state index contributed by atoms with van der Waals surface area (Å²) in [7, 11) is 0. The molecule has 1 saturated heterocycles. The fourth-order valence-electron chi connectivity index (χ4n) is 2.96. The quantitative estimate of drug-likeness (QED) is 0.451. The molecular formula is C15H28N4. The highest BCUT2D eigenvalue weighted by molar-refractivity contribution is 5.80. The van der Waals surface area contributed by atoms with Crippen LogP contribution in [0, 0.1) is 0 Å². The maximum absolute atomic E-state index is 4.78. The topological polar surface area (TPSA) is 39.7 Å². The SMILES string of the molecule is CCNC(=NCC1CCCN1CC)NC1CC=CC1. The van der Waals surface area contributed by atoms with Crippen molar-refractivity contribution in [1.29, 1.82) is 0 Å². The zero-order valence-electron chi connectivity index (χ0n) is 12.4. The second-order valence-corrected chi connectivity index (χ2v) is 5.43. The fraction of sp³-hybridized carbons (Fsp3) is 0.800. The number of nitrogens with one attached hydrogen (secondary N) is 2. The van der Waals surface area contributed by atoms with Crippen LogP contribution in [-0.4, -0.2) is 49.1 Å². The molecule has 0 spiro atoms. The van der Waals surface area contributed by atoms with Crippen molar-refractivity contribution in [3.8, 4) is 0 Å². The van der Waals surface area contributed by atoms with Crippen molar-refractivity contribution < 1.29 is 0 Å². The Morgan fingerprint density at radius 1 is 1.32 bits per heavy atom.